The third kappa shape index (κ3) is 6.10. The van der Waals surface area contributed by atoms with E-state index in [1.165, 1.54) is 7.11 Å². The molecule has 0 aromatic heterocycles. The first-order valence-corrected chi connectivity index (χ1v) is 11.6. The number of ether oxygens (including phenoxy) is 3. The number of methoxy groups -OCH3 is 1. The zero-order valence-corrected chi connectivity index (χ0v) is 20.7. The molecule has 0 aliphatic carbocycles. The van der Waals surface area contributed by atoms with Crippen LogP contribution in [0.5, 0.6) is 11.5 Å². The number of hydrogen-bond acceptors (Lipinski definition) is 6. The summed E-state index contributed by atoms with van der Waals surface area (Å²) in [6.45, 7) is 4.89. The van der Waals surface area contributed by atoms with E-state index in [-0.39, 0.29) is 24.3 Å². The van der Waals surface area contributed by atoms with Crippen LogP contribution in [0.25, 0.3) is 6.08 Å². The van der Waals surface area contributed by atoms with E-state index in [2.05, 4.69) is 0 Å². The Balaban J connectivity index is 1.87. The van der Waals surface area contributed by atoms with Crippen LogP contribution in [0.3, 0.4) is 0 Å². The Labute approximate surface area is 210 Å². The van der Waals surface area contributed by atoms with Crippen molar-refractivity contribution in [1.82, 2.24) is 4.90 Å². The predicted molar refractivity (Wildman–Crippen MR) is 133 cm³/mol. The Hall–Kier alpha value is -3.60. The minimum atomic E-state index is -0.579. The highest BCUT2D eigenvalue weighted by Crippen LogP contribution is 2.32. The number of carbonyl (C=O) groups excluding carboxylic acids is 2. The molecule has 2 amide bonds. The lowest BCUT2D eigenvalue weighted by Crippen LogP contribution is -2.43. The Bertz CT molecular complexity index is 1210. The standard InChI is InChI=1S/C27H27ClN2O5/c1-4-34-13-7-12-30-26(31)21(18(2)22(16-29)27(30)32)14-19-10-11-24(25(15-19)33-3)35-17-20-8-5-6-9-23(20)28/h5-6,8-11,14-15H,4,7,12-13,17H2,1-3H3/b21-14+. The van der Waals surface area contributed by atoms with E-state index in [1.54, 1.807) is 37.3 Å². The van der Waals surface area contributed by atoms with Gasteiger partial charge in [-0.25, -0.2) is 0 Å². The number of amides is 2. The van der Waals surface area contributed by atoms with Gasteiger partial charge >= 0.3 is 0 Å². The largest absolute Gasteiger partial charge is 0.493 e. The summed E-state index contributed by atoms with van der Waals surface area (Å²) in [7, 11) is 1.53. The molecule has 0 fully saturated rings. The molecule has 0 saturated carbocycles. The van der Waals surface area contributed by atoms with Gasteiger partial charge in [0.1, 0.15) is 18.2 Å². The van der Waals surface area contributed by atoms with E-state index >= 15 is 0 Å². The fourth-order valence-electron chi connectivity index (χ4n) is 3.63. The quantitative estimate of drug-likeness (QED) is 0.264. The molecule has 1 aliphatic heterocycles. The molecule has 182 valence electrons. The van der Waals surface area contributed by atoms with Crippen molar-refractivity contribution < 1.29 is 23.8 Å². The number of hydrogen-bond donors (Lipinski definition) is 0. The normalized spacial score (nSPS) is 14.9. The fraction of sp³-hybridized carbons (Fsp3) is 0.296. The predicted octanol–water partition coefficient (Wildman–Crippen LogP) is 4.95. The van der Waals surface area contributed by atoms with Crippen molar-refractivity contribution in [3.05, 3.63) is 75.3 Å². The highest BCUT2D eigenvalue weighted by molar-refractivity contribution is 6.31. The Morgan fingerprint density at radius 3 is 2.57 bits per heavy atom. The molecule has 0 atom stereocenters. The van der Waals surface area contributed by atoms with Crippen molar-refractivity contribution in [2.75, 3.05) is 26.9 Å². The summed E-state index contributed by atoms with van der Waals surface area (Å²) < 4.78 is 16.7. The van der Waals surface area contributed by atoms with Gasteiger partial charge in [-0.2, -0.15) is 5.26 Å². The van der Waals surface area contributed by atoms with Gasteiger partial charge in [-0.3, -0.25) is 14.5 Å². The number of imide groups is 1. The van der Waals surface area contributed by atoms with Crippen LogP contribution < -0.4 is 9.47 Å². The van der Waals surface area contributed by atoms with Gasteiger partial charge in [0.2, 0.25) is 0 Å². The molecule has 0 unspecified atom stereocenters. The first-order chi connectivity index (χ1) is 16.9. The van der Waals surface area contributed by atoms with Gasteiger partial charge in [0.25, 0.3) is 11.8 Å². The zero-order valence-electron chi connectivity index (χ0n) is 20.0. The summed E-state index contributed by atoms with van der Waals surface area (Å²) in [5, 5.41) is 10.2. The van der Waals surface area contributed by atoms with Gasteiger partial charge in [0, 0.05) is 35.9 Å². The van der Waals surface area contributed by atoms with Crippen molar-refractivity contribution in [3.63, 3.8) is 0 Å². The van der Waals surface area contributed by atoms with Gasteiger partial charge < -0.3 is 14.2 Å². The minimum Gasteiger partial charge on any atom is -0.493 e. The summed E-state index contributed by atoms with van der Waals surface area (Å²) in [5.74, 6) is -0.0331. The lowest BCUT2D eigenvalue weighted by molar-refractivity contribution is -0.140. The summed E-state index contributed by atoms with van der Waals surface area (Å²) >= 11 is 6.21. The van der Waals surface area contributed by atoms with Crippen LogP contribution in [-0.4, -0.2) is 43.6 Å². The van der Waals surface area contributed by atoms with Crippen LogP contribution in [0.2, 0.25) is 5.02 Å². The van der Waals surface area contributed by atoms with Crippen LogP contribution in [0.15, 0.2) is 59.2 Å². The summed E-state index contributed by atoms with van der Waals surface area (Å²) in [6.07, 6.45) is 2.14. The maximum atomic E-state index is 13.2. The third-order valence-electron chi connectivity index (χ3n) is 5.54. The van der Waals surface area contributed by atoms with E-state index in [1.807, 2.05) is 31.2 Å². The van der Waals surface area contributed by atoms with Crippen molar-refractivity contribution >= 4 is 29.5 Å². The molecular formula is C27H27ClN2O5. The Morgan fingerprint density at radius 2 is 1.89 bits per heavy atom. The van der Waals surface area contributed by atoms with E-state index in [4.69, 9.17) is 25.8 Å². The monoisotopic (exact) mass is 494 g/mol. The average molecular weight is 495 g/mol. The molecule has 35 heavy (non-hydrogen) atoms. The lowest BCUT2D eigenvalue weighted by atomic mass is 9.93. The maximum absolute atomic E-state index is 13.2. The number of carbonyl (C=O) groups is 2. The zero-order chi connectivity index (χ0) is 25.4. The van der Waals surface area contributed by atoms with E-state index in [0.29, 0.717) is 47.3 Å². The number of nitrogens with zero attached hydrogens (tertiary/aromatic N) is 2. The van der Waals surface area contributed by atoms with Crippen LogP contribution in [0.4, 0.5) is 0 Å². The first-order valence-electron chi connectivity index (χ1n) is 11.2. The van der Waals surface area contributed by atoms with Crippen molar-refractivity contribution in [3.8, 4) is 17.6 Å². The maximum Gasteiger partial charge on any atom is 0.271 e. The average Bonchev–Trinajstić information content (AvgIpc) is 2.86. The molecule has 2 aromatic rings. The number of benzene rings is 2. The number of rotatable bonds is 10. The molecule has 1 heterocycles. The molecule has 0 saturated heterocycles. The molecule has 7 nitrogen and oxygen atoms in total. The van der Waals surface area contributed by atoms with Gasteiger partial charge in [-0.05, 0) is 55.7 Å². The lowest BCUT2D eigenvalue weighted by Gasteiger charge is -2.27. The molecule has 0 bridgehead atoms. The SMILES string of the molecule is CCOCCCN1C(=O)C(C#N)=C(C)/C(=C\c2ccc(OCc3ccccc3Cl)c(OC)c2)C1=O. The number of halogens is 1. The molecule has 0 radical (unpaired) electrons. The van der Waals surface area contributed by atoms with E-state index < -0.39 is 11.8 Å². The molecule has 1 aliphatic rings. The second-order valence-electron chi connectivity index (χ2n) is 7.77. The van der Waals surface area contributed by atoms with Gasteiger partial charge in [-0.15, -0.1) is 0 Å². The second-order valence-corrected chi connectivity index (χ2v) is 8.18. The molecule has 0 spiro atoms. The summed E-state index contributed by atoms with van der Waals surface area (Å²) in [5.41, 5.74) is 2.09. The summed E-state index contributed by atoms with van der Waals surface area (Å²) in [6, 6.07) is 14.6. The van der Waals surface area contributed by atoms with Crippen molar-refractivity contribution in [2.24, 2.45) is 0 Å². The topological polar surface area (TPSA) is 88.9 Å². The highest BCUT2D eigenvalue weighted by atomic mass is 35.5. The second kappa shape index (κ2) is 12.2. The van der Waals surface area contributed by atoms with Gasteiger partial charge in [0.05, 0.1) is 7.11 Å². The minimum absolute atomic E-state index is 0.0427. The molecular weight excluding hydrogens is 468 g/mol. The molecule has 0 N–H and O–H groups in total. The van der Waals surface area contributed by atoms with E-state index in [0.717, 1.165) is 10.5 Å². The van der Waals surface area contributed by atoms with Crippen molar-refractivity contribution in [2.45, 2.75) is 26.9 Å². The van der Waals surface area contributed by atoms with Gasteiger partial charge in [-0.1, -0.05) is 35.9 Å². The Morgan fingerprint density at radius 1 is 1.11 bits per heavy atom. The smallest absolute Gasteiger partial charge is 0.271 e. The first kappa shape index (κ1) is 26.0. The summed E-state index contributed by atoms with van der Waals surface area (Å²) in [4.78, 5) is 27.0. The third-order valence-corrected chi connectivity index (χ3v) is 5.91. The fourth-order valence-corrected chi connectivity index (χ4v) is 3.82. The van der Waals surface area contributed by atoms with Crippen LogP contribution in [0, 0.1) is 11.3 Å². The van der Waals surface area contributed by atoms with Crippen LogP contribution in [0.1, 0.15) is 31.4 Å². The van der Waals surface area contributed by atoms with Crippen molar-refractivity contribution in [1.29, 1.82) is 5.26 Å². The highest BCUT2D eigenvalue weighted by Gasteiger charge is 2.35. The number of nitriles is 1. The Kier molecular flexibility index (Phi) is 9.07. The molecule has 8 heteroatoms. The van der Waals surface area contributed by atoms with E-state index in [9.17, 15) is 14.9 Å². The van der Waals surface area contributed by atoms with Crippen LogP contribution >= 0.6 is 11.6 Å². The van der Waals surface area contributed by atoms with Gasteiger partial charge in [0.15, 0.2) is 11.5 Å². The molecule has 2 aromatic carbocycles. The van der Waals surface area contributed by atoms with Crippen LogP contribution in [-0.2, 0) is 20.9 Å². The molecule has 3 rings (SSSR count).